The number of hydrogen-bond acceptors (Lipinski definition) is 5. The molecule has 1 aliphatic carbocycles. The summed E-state index contributed by atoms with van der Waals surface area (Å²) in [6, 6.07) is 15.4. The molecule has 196 valence electrons. The number of ether oxygens (including phenoxy) is 1. The van der Waals surface area contributed by atoms with E-state index in [-0.39, 0.29) is 30.2 Å². The number of benzene rings is 2. The first-order chi connectivity index (χ1) is 17.9. The van der Waals surface area contributed by atoms with Gasteiger partial charge in [0.15, 0.2) is 0 Å². The van der Waals surface area contributed by atoms with Crippen molar-refractivity contribution >= 4 is 23.7 Å². The highest BCUT2D eigenvalue weighted by molar-refractivity contribution is 6.02. The SMILES string of the molecule is NC(=NC(=O)OCc1ccccc1)c1ccc(CNC(=O)[C@@H]2CCN2C(=O)[C@H](N)C2CCCCC2)cc1. The molecule has 9 nitrogen and oxygen atoms in total. The van der Waals surface area contributed by atoms with Gasteiger partial charge in [-0.05, 0) is 36.3 Å². The average Bonchev–Trinajstić information content (AvgIpc) is 2.91. The van der Waals surface area contributed by atoms with E-state index in [1.807, 2.05) is 30.3 Å². The predicted octanol–water partition coefficient (Wildman–Crippen LogP) is 2.85. The van der Waals surface area contributed by atoms with Crippen LogP contribution in [0.4, 0.5) is 4.79 Å². The fraction of sp³-hybridized carbons (Fsp3) is 0.429. The van der Waals surface area contributed by atoms with E-state index in [4.69, 9.17) is 16.2 Å². The summed E-state index contributed by atoms with van der Waals surface area (Å²) in [6.45, 7) is 0.993. The summed E-state index contributed by atoms with van der Waals surface area (Å²) < 4.78 is 5.13. The first kappa shape index (κ1) is 26.3. The summed E-state index contributed by atoms with van der Waals surface area (Å²) in [7, 11) is 0. The Morgan fingerprint density at radius 1 is 0.973 bits per heavy atom. The Morgan fingerprint density at radius 3 is 2.32 bits per heavy atom. The van der Waals surface area contributed by atoms with Crippen molar-refractivity contribution in [1.29, 1.82) is 0 Å². The number of likely N-dealkylation sites (tertiary alicyclic amines) is 1. The lowest BCUT2D eigenvalue weighted by atomic mass is 9.83. The number of rotatable bonds is 8. The van der Waals surface area contributed by atoms with Crippen molar-refractivity contribution in [3.8, 4) is 0 Å². The van der Waals surface area contributed by atoms with Gasteiger partial charge in [-0.3, -0.25) is 9.59 Å². The molecule has 9 heteroatoms. The molecule has 2 aliphatic rings. The molecular formula is C28H35N5O4. The first-order valence-electron chi connectivity index (χ1n) is 12.9. The zero-order valence-electron chi connectivity index (χ0n) is 21.0. The lowest BCUT2D eigenvalue weighted by molar-refractivity contribution is -0.149. The normalized spacial score (nSPS) is 19.0. The Kier molecular flexibility index (Phi) is 8.90. The van der Waals surface area contributed by atoms with Crippen LogP contribution in [-0.2, 0) is 27.5 Å². The maximum Gasteiger partial charge on any atom is 0.435 e. The zero-order chi connectivity index (χ0) is 26.2. The van der Waals surface area contributed by atoms with Gasteiger partial charge in [0.05, 0.1) is 6.04 Å². The van der Waals surface area contributed by atoms with Crippen LogP contribution in [0.3, 0.4) is 0 Å². The molecule has 1 aliphatic heterocycles. The van der Waals surface area contributed by atoms with Crippen molar-refractivity contribution < 1.29 is 19.1 Å². The summed E-state index contributed by atoms with van der Waals surface area (Å²) in [6.07, 6.45) is 5.28. The smallest absolute Gasteiger partial charge is 0.435 e. The number of amides is 3. The molecule has 0 unspecified atom stereocenters. The molecule has 1 saturated heterocycles. The number of nitrogens with zero attached hydrogens (tertiary/aromatic N) is 2. The van der Waals surface area contributed by atoms with Gasteiger partial charge < -0.3 is 26.4 Å². The molecule has 1 heterocycles. The second-order valence-corrected chi connectivity index (χ2v) is 9.71. The van der Waals surface area contributed by atoms with Crippen molar-refractivity contribution in [2.75, 3.05) is 6.54 Å². The highest BCUT2D eigenvalue weighted by Gasteiger charge is 2.41. The number of hydrogen-bond donors (Lipinski definition) is 3. The lowest BCUT2D eigenvalue weighted by Gasteiger charge is -2.42. The Labute approximate surface area is 217 Å². The molecule has 37 heavy (non-hydrogen) atoms. The van der Waals surface area contributed by atoms with E-state index in [9.17, 15) is 14.4 Å². The second kappa shape index (κ2) is 12.5. The number of aliphatic imine (C=N–C) groups is 1. The third kappa shape index (κ3) is 6.95. The summed E-state index contributed by atoms with van der Waals surface area (Å²) in [5.74, 6) is -0.0289. The maximum absolute atomic E-state index is 12.9. The van der Waals surface area contributed by atoms with Crippen LogP contribution in [0.1, 0.15) is 55.2 Å². The van der Waals surface area contributed by atoms with E-state index >= 15 is 0 Å². The number of carbonyl (C=O) groups excluding carboxylic acids is 3. The van der Waals surface area contributed by atoms with Gasteiger partial charge in [0.1, 0.15) is 18.5 Å². The van der Waals surface area contributed by atoms with E-state index in [0.717, 1.165) is 36.8 Å². The van der Waals surface area contributed by atoms with Crippen molar-refractivity contribution in [1.82, 2.24) is 10.2 Å². The van der Waals surface area contributed by atoms with Gasteiger partial charge in [-0.1, -0.05) is 73.9 Å². The van der Waals surface area contributed by atoms with Crippen molar-refractivity contribution in [3.63, 3.8) is 0 Å². The molecule has 2 atom stereocenters. The van der Waals surface area contributed by atoms with Gasteiger partial charge in [-0.15, -0.1) is 0 Å². The first-order valence-corrected chi connectivity index (χ1v) is 12.9. The minimum Gasteiger partial charge on any atom is -0.443 e. The van der Waals surface area contributed by atoms with Crippen LogP contribution in [0.15, 0.2) is 59.6 Å². The van der Waals surface area contributed by atoms with Crippen LogP contribution >= 0.6 is 0 Å². The molecule has 0 spiro atoms. The van der Waals surface area contributed by atoms with Gasteiger partial charge in [0.2, 0.25) is 11.8 Å². The van der Waals surface area contributed by atoms with Crippen LogP contribution in [0, 0.1) is 5.92 Å². The van der Waals surface area contributed by atoms with Gasteiger partial charge in [-0.2, -0.15) is 4.99 Å². The minimum atomic E-state index is -0.763. The molecule has 3 amide bonds. The van der Waals surface area contributed by atoms with E-state index in [2.05, 4.69) is 10.3 Å². The molecular weight excluding hydrogens is 470 g/mol. The number of nitrogens with two attached hydrogens (primary N) is 2. The van der Waals surface area contributed by atoms with Gasteiger partial charge >= 0.3 is 6.09 Å². The fourth-order valence-electron chi connectivity index (χ4n) is 4.82. The molecule has 0 aromatic heterocycles. The standard InChI is InChI=1S/C28H35N5O4/c29-24(21-9-5-2-6-10-21)27(35)33-16-15-23(33)26(34)31-17-19-11-13-22(14-12-19)25(30)32-28(36)37-18-20-7-3-1-4-8-20/h1,3-4,7-8,11-14,21,23-24H,2,5-6,9-10,15-18,29H2,(H,31,34)(H2,30,32,36)/t23-,24+/m0/s1. The van der Waals surface area contributed by atoms with E-state index < -0.39 is 18.2 Å². The van der Waals surface area contributed by atoms with Gasteiger partial charge in [0.25, 0.3) is 0 Å². The zero-order valence-corrected chi connectivity index (χ0v) is 21.0. The maximum atomic E-state index is 12.9. The summed E-state index contributed by atoms with van der Waals surface area (Å²) >= 11 is 0. The van der Waals surface area contributed by atoms with Gasteiger partial charge in [-0.25, -0.2) is 4.79 Å². The molecule has 2 aromatic carbocycles. The Hall–Kier alpha value is -3.72. The Balaban J connectivity index is 1.24. The molecule has 0 bridgehead atoms. The van der Waals surface area contributed by atoms with Crippen LogP contribution in [0.5, 0.6) is 0 Å². The van der Waals surface area contributed by atoms with E-state index in [0.29, 0.717) is 25.1 Å². The largest absolute Gasteiger partial charge is 0.443 e. The molecule has 2 fully saturated rings. The third-order valence-electron chi connectivity index (χ3n) is 7.18. The molecule has 5 N–H and O–H groups in total. The molecule has 1 saturated carbocycles. The highest BCUT2D eigenvalue weighted by Crippen LogP contribution is 2.28. The van der Waals surface area contributed by atoms with Crippen LogP contribution in [0.25, 0.3) is 0 Å². The van der Waals surface area contributed by atoms with Crippen molar-refractivity contribution in [3.05, 3.63) is 71.3 Å². The number of amidine groups is 1. The summed E-state index contributed by atoms with van der Waals surface area (Å²) in [5.41, 5.74) is 14.5. The molecule has 2 aromatic rings. The summed E-state index contributed by atoms with van der Waals surface area (Å²) in [4.78, 5) is 43.0. The van der Waals surface area contributed by atoms with Crippen LogP contribution in [-0.4, -0.2) is 47.3 Å². The number of carbonyl (C=O) groups is 3. The van der Waals surface area contributed by atoms with Crippen molar-refractivity contribution in [2.45, 2.75) is 63.8 Å². The molecule has 4 rings (SSSR count). The quantitative estimate of drug-likeness (QED) is 0.372. The second-order valence-electron chi connectivity index (χ2n) is 9.71. The Bertz CT molecular complexity index is 1110. The molecule has 0 radical (unpaired) electrons. The van der Waals surface area contributed by atoms with Crippen molar-refractivity contribution in [2.24, 2.45) is 22.4 Å². The Morgan fingerprint density at radius 2 is 1.68 bits per heavy atom. The lowest BCUT2D eigenvalue weighted by Crippen LogP contribution is -2.62. The highest BCUT2D eigenvalue weighted by atomic mass is 16.5. The minimum absolute atomic E-state index is 0.0478. The fourth-order valence-corrected chi connectivity index (χ4v) is 4.82. The average molecular weight is 506 g/mol. The van der Waals surface area contributed by atoms with Crippen LogP contribution < -0.4 is 16.8 Å². The van der Waals surface area contributed by atoms with Gasteiger partial charge in [0, 0.05) is 18.7 Å². The number of nitrogens with one attached hydrogen (secondary N) is 1. The topological polar surface area (TPSA) is 140 Å². The monoisotopic (exact) mass is 505 g/mol. The summed E-state index contributed by atoms with van der Waals surface area (Å²) in [5, 5.41) is 2.91. The van der Waals surface area contributed by atoms with E-state index in [1.165, 1.54) is 6.42 Å². The predicted molar refractivity (Wildman–Crippen MR) is 140 cm³/mol. The van der Waals surface area contributed by atoms with Crippen LogP contribution in [0.2, 0.25) is 0 Å². The third-order valence-corrected chi connectivity index (χ3v) is 7.18. The van der Waals surface area contributed by atoms with E-state index in [1.54, 1.807) is 29.2 Å².